The first kappa shape index (κ1) is 11.2. The summed E-state index contributed by atoms with van der Waals surface area (Å²) < 4.78 is 0. The van der Waals surface area contributed by atoms with Crippen LogP contribution in [0.4, 0.5) is 0 Å². The number of nitrogens with one attached hydrogen (secondary N) is 1. The average molecular weight is 250 g/mol. The maximum Gasteiger partial charge on any atom is 0.137 e. The molecule has 1 N–H and O–H groups in total. The van der Waals surface area contributed by atoms with E-state index in [1.165, 1.54) is 16.7 Å². The van der Waals surface area contributed by atoms with E-state index in [1.54, 1.807) is 0 Å². The molecule has 0 atom stereocenters. The zero-order valence-electron chi connectivity index (χ0n) is 9.81. The van der Waals surface area contributed by atoms with Crippen LogP contribution in [0.25, 0.3) is 0 Å². The fourth-order valence-corrected chi connectivity index (χ4v) is 3.28. The summed E-state index contributed by atoms with van der Waals surface area (Å²) in [4.78, 5) is 11.5. The molecule has 2 aliphatic rings. The number of halogens is 1. The van der Waals surface area contributed by atoms with Crippen molar-refractivity contribution in [3.8, 4) is 0 Å². The number of rotatable bonds is 0. The molecule has 0 aromatic heterocycles. The molecule has 90 valence electrons. The summed E-state index contributed by atoms with van der Waals surface area (Å²) in [6.07, 6.45) is 4.12. The minimum absolute atomic E-state index is 0.325. The molecule has 3 rings (SSSR count). The lowest BCUT2D eigenvalue weighted by Crippen LogP contribution is -2.16. The lowest BCUT2D eigenvalue weighted by Gasteiger charge is -2.20. The summed E-state index contributed by atoms with van der Waals surface area (Å²) >= 11 is 6.50. The van der Waals surface area contributed by atoms with Crippen LogP contribution in [0.2, 0.25) is 5.02 Å². The molecule has 0 fully saturated rings. The van der Waals surface area contributed by atoms with Crippen molar-refractivity contribution in [2.45, 2.75) is 32.1 Å². The molecule has 1 aliphatic heterocycles. The van der Waals surface area contributed by atoms with Gasteiger partial charge >= 0.3 is 0 Å². The van der Waals surface area contributed by atoms with Gasteiger partial charge in [0.25, 0.3) is 0 Å². The Morgan fingerprint density at radius 3 is 2.65 bits per heavy atom. The lowest BCUT2D eigenvalue weighted by molar-refractivity contribution is -0.118. The molecule has 0 unspecified atom stereocenters. The molecule has 1 aromatic rings. The van der Waals surface area contributed by atoms with E-state index >= 15 is 0 Å². The number of hydrogen-bond acceptors (Lipinski definition) is 2. The highest BCUT2D eigenvalue weighted by molar-refractivity contribution is 6.32. The predicted octanol–water partition coefficient (Wildman–Crippen LogP) is 2.09. The number of carbonyl (C=O) groups is 1. The van der Waals surface area contributed by atoms with Crippen molar-refractivity contribution >= 4 is 17.4 Å². The van der Waals surface area contributed by atoms with E-state index < -0.39 is 0 Å². The molecule has 0 bridgehead atoms. The summed E-state index contributed by atoms with van der Waals surface area (Å²) in [7, 11) is 0. The van der Waals surface area contributed by atoms with Crippen molar-refractivity contribution in [3.63, 3.8) is 0 Å². The predicted molar refractivity (Wildman–Crippen MR) is 68.8 cm³/mol. The monoisotopic (exact) mass is 249 g/mol. The van der Waals surface area contributed by atoms with E-state index in [0.29, 0.717) is 18.6 Å². The van der Waals surface area contributed by atoms with Crippen molar-refractivity contribution in [3.05, 3.63) is 33.3 Å². The third-order valence-electron chi connectivity index (χ3n) is 3.82. The summed E-state index contributed by atoms with van der Waals surface area (Å²) in [5.41, 5.74) is 5.05. The van der Waals surface area contributed by atoms with Gasteiger partial charge in [-0.1, -0.05) is 17.7 Å². The first-order chi connectivity index (χ1) is 8.25. The van der Waals surface area contributed by atoms with E-state index in [2.05, 4.69) is 11.4 Å². The minimum Gasteiger partial charge on any atom is -0.316 e. The molecule has 0 saturated carbocycles. The topological polar surface area (TPSA) is 29.1 Å². The van der Waals surface area contributed by atoms with Crippen LogP contribution in [-0.4, -0.2) is 18.9 Å². The summed E-state index contributed by atoms with van der Waals surface area (Å²) in [6, 6.07) is 2.29. The quantitative estimate of drug-likeness (QED) is 0.763. The minimum atomic E-state index is 0.325. The van der Waals surface area contributed by atoms with Crippen LogP contribution in [0, 0.1) is 0 Å². The smallest absolute Gasteiger partial charge is 0.137 e. The second-order valence-electron chi connectivity index (χ2n) is 4.93. The Balaban J connectivity index is 2.12. The maximum atomic E-state index is 11.5. The number of fused-ring (bicyclic) bond motifs is 2. The van der Waals surface area contributed by atoms with E-state index in [-0.39, 0.29) is 0 Å². The van der Waals surface area contributed by atoms with Gasteiger partial charge in [0, 0.05) is 17.9 Å². The van der Waals surface area contributed by atoms with Gasteiger partial charge in [0.2, 0.25) is 0 Å². The number of Topliss-reactive ketones (excluding diaryl/α,β-unsaturated/α-hetero) is 1. The second kappa shape index (κ2) is 4.43. The Morgan fingerprint density at radius 2 is 1.76 bits per heavy atom. The first-order valence-electron chi connectivity index (χ1n) is 6.30. The van der Waals surface area contributed by atoms with Crippen LogP contribution in [0.5, 0.6) is 0 Å². The first-order valence-corrected chi connectivity index (χ1v) is 6.68. The summed E-state index contributed by atoms with van der Waals surface area (Å²) in [5, 5.41) is 4.26. The Morgan fingerprint density at radius 1 is 1.00 bits per heavy atom. The molecule has 3 heteroatoms. The number of benzene rings is 1. The normalized spacial score (nSPS) is 19.5. The largest absolute Gasteiger partial charge is 0.316 e. The number of hydrogen-bond donors (Lipinski definition) is 1. The van der Waals surface area contributed by atoms with Gasteiger partial charge in [-0.25, -0.2) is 0 Å². The van der Waals surface area contributed by atoms with Crippen LogP contribution in [0.1, 0.15) is 28.7 Å². The van der Waals surface area contributed by atoms with Gasteiger partial charge in [0.05, 0.1) is 0 Å². The molecule has 0 spiro atoms. The van der Waals surface area contributed by atoms with Crippen LogP contribution in [-0.2, 0) is 30.5 Å². The Kier molecular flexibility index (Phi) is 2.93. The number of ketones is 1. The molecule has 2 nitrogen and oxygen atoms in total. The second-order valence-corrected chi connectivity index (χ2v) is 5.31. The zero-order chi connectivity index (χ0) is 11.8. The fraction of sp³-hybridized carbons (Fsp3) is 0.500. The molecule has 1 aromatic carbocycles. The van der Waals surface area contributed by atoms with Crippen molar-refractivity contribution in [2.75, 3.05) is 13.1 Å². The summed E-state index contributed by atoms with van der Waals surface area (Å²) in [5.74, 6) is 0.325. The van der Waals surface area contributed by atoms with E-state index in [4.69, 9.17) is 11.6 Å². The van der Waals surface area contributed by atoms with Crippen molar-refractivity contribution < 1.29 is 4.79 Å². The molecular formula is C14H16ClNO. The molecule has 0 saturated heterocycles. The average Bonchev–Trinajstić information content (AvgIpc) is 2.56. The Hall–Kier alpha value is -0.860. The fourth-order valence-electron chi connectivity index (χ4n) is 2.88. The zero-order valence-corrected chi connectivity index (χ0v) is 10.6. The molecule has 0 radical (unpaired) electrons. The third kappa shape index (κ3) is 2.00. The van der Waals surface area contributed by atoms with Gasteiger partial charge < -0.3 is 5.32 Å². The van der Waals surface area contributed by atoms with Gasteiger partial charge in [-0.15, -0.1) is 0 Å². The van der Waals surface area contributed by atoms with E-state index in [9.17, 15) is 4.79 Å². The highest BCUT2D eigenvalue weighted by Gasteiger charge is 2.23. The van der Waals surface area contributed by atoms with Crippen LogP contribution >= 0.6 is 11.6 Å². The number of carbonyl (C=O) groups excluding carboxylic acids is 1. The van der Waals surface area contributed by atoms with Crippen molar-refractivity contribution in [2.24, 2.45) is 0 Å². The lowest BCUT2D eigenvalue weighted by atomic mass is 9.86. The Labute approximate surface area is 106 Å². The van der Waals surface area contributed by atoms with Crippen LogP contribution in [0.3, 0.4) is 0 Å². The van der Waals surface area contributed by atoms with Gasteiger partial charge in [0.1, 0.15) is 5.78 Å². The van der Waals surface area contributed by atoms with Crippen molar-refractivity contribution in [1.29, 1.82) is 0 Å². The molecular weight excluding hydrogens is 234 g/mol. The Bertz CT molecular complexity index is 482. The van der Waals surface area contributed by atoms with Gasteiger partial charge in [-0.05, 0) is 54.6 Å². The summed E-state index contributed by atoms with van der Waals surface area (Å²) in [6.45, 7) is 2.01. The third-order valence-corrected chi connectivity index (χ3v) is 4.28. The van der Waals surface area contributed by atoms with Gasteiger partial charge in [0.15, 0.2) is 0 Å². The van der Waals surface area contributed by atoms with Crippen LogP contribution in [0.15, 0.2) is 6.07 Å². The molecule has 1 heterocycles. The SMILES string of the molecule is O=C1CCc2cc3c(c(Cl)c2C1)CCNCC3. The van der Waals surface area contributed by atoms with Crippen LogP contribution < -0.4 is 5.32 Å². The van der Waals surface area contributed by atoms with Crippen molar-refractivity contribution in [1.82, 2.24) is 5.32 Å². The van der Waals surface area contributed by atoms with Gasteiger partial charge in [-0.2, -0.15) is 0 Å². The number of aryl methyl sites for hydroxylation is 1. The molecule has 0 amide bonds. The highest BCUT2D eigenvalue weighted by atomic mass is 35.5. The van der Waals surface area contributed by atoms with E-state index in [0.717, 1.165) is 42.9 Å². The molecule has 17 heavy (non-hydrogen) atoms. The molecule has 1 aliphatic carbocycles. The highest BCUT2D eigenvalue weighted by Crippen LogP contribution is 2.33. The standard InChI is InChI=1S/C14H16ClNO/c15-14-12-4-6-16-5-3-10(12)7-9-1-2-11(17)8-13(9)14/h7,16H,1-6,8H2. The maximum absolute atomic E-state index is 11.5. The van der Waals surface area contributed by atoms with Gasteiger partial charge in [-0.3, -0.25) is 4.79 Å². The van der Waals surface area contributed by atoms with E-state index in [1.807, 2.05) is 0 Å².